The second-order valence-corrected chi connectivity index (χ2v) is 6.02. The van der Waals surface area contributed by atoms with Crippen LogP contribution in [0.2, 0.25) is 0 Å². The lowest BCUT2D eigenvalue weighted by Gasteiger charge is -2.34. The van der Waals surface area contributed by atoms with Crippen LogP contribution in [0.4, 0.5) is 0 Å². The number of aryl methyl sites for hydroxylation is 1. The van der Waals surface area contributed by atoms with Gasteiger partial charge in [-0.25, -0.2) is 4.79 Å². The molecule has 0 radical (unpaired) electrons. The first-order valence-corrected chi connectivity index (χ1v) is 8.13. The summed E-state index contributed by atoms with van der Waals surface area (Å²) in [6.07, 6.45) is 4.72. The molecule has 130 valence electrons. The van der Waals surface area contributed by atoms with E-state index in [-0.39, 0.29) is 17.5 Å². The van der Waals surface area contributed by atoms with E-state index in [0.717, 1.165) is 5.56 Å². The van der Waals surface area contributed by atoms with Gasteiger partial charge in [0.25, 0.3) is 5.91 Å². The number of rotatable bonds is 3. The minimum absolute atomic E-state index is 0.0669. The molecule has 1 saturated heterocycles. The average molecular weight is 340 g/mol. The van der Waals surface area contributed by atoms with E-state index in [4.69, 9.17) is 0 Å². The van der Waals surface area contributed by atoms with Crippen LogP contribution in [0.25, 0.3) is 6.08 Å². The van der Waals surface area contributed by atoms with E-state index in [2.05, 4.69) is 9.97 Å². The molecule has 0 bridgehead atoms. The van der Waals surface area contributed by atoms with Gasteiger partial charge in [0, 0.05) is 38.5 Å². The molecular weight excluding hydrogens is 320 g/mol. The number of carbonyl (C=O) groups is 2. The summed E-state index contributed by atoms with van der Waals surface area (Å²) >= 11 is 0. The molecule has 0 unspecified atom stereocenters. The van der Waals surface area contributed by atoms with Crippen molar-refractivity contribution < 1.29 is 9.59 Å². The molecule has 2 heterocycles. The molecule has 0 aliphatic carbocycles. The first kappa shape index (κ1) is 16.8. The van der Waals surface area contributed by atoms with Crippen molar-refractivity contribution in [3.05, 3.63) is 63.8 Å². The van der Waals surface area contributed by atoms with Gasteiger partial charge in [-0.05, 0) is 18.6 Å². The number of nitrogens with zero attached hydrogens (tertiary/aromatic N) is 2. The Labute approximate surface area is 145 Å². The number of H-pyrrole nitrogens is 2. The maximum absolute atomic E-state index is 12.3. The molecule has 25 heavy (non-hydrogen) atoms. The largest absolute Gasteiger partial charge is 0.336 e. The topological polar surface area (TPSA) is 89.3 Å². The summed E-state index contributed by atoms with van der Waals surface area (Å²) in [5, 5.41) is 0. The standard InChI is InChI=1S/C18H20N4O3/c1-13-2-4-14(5-3-13)6-7-16(23)21-8-10-22(11-9-21)17(24)15-12-19-18(25)20-15/h2-7,12H,8-11H2,1H3,(H2,19,20,25). The average Bonchev–Trinajstić information content (AvgIpc) is 3.07. The Bertz CT molecular complexity index is 840. The molecule has 2 amide bonds. The number of piperazine rings is 1. The van der Waals surface area contributed by atoms with Crippen LogP contribution in [0.1, 0.15) is 21.6 Å². The van der Waals surface area contributed by atoms with Gasteiger partial charge in [0.05, 0.1) is 0 Å². The molecule has 0 saturated carbocycles. The van der Waals surface area contributed by atoms with E-state index in [9.17, 15) is 14.4 Å². The number of imidazole rings is 1. The smallest absolute Gasteiger partial charge is 0.323 e. The van der Waals surface area contributed by atoms with E-state index in [1.165, 1.54) is 11.8 Å². The maximum atomic E-state index is 12.3. The normalized spacial score (nSPS) is 14.9. The number of amides is 2. The molecule has 1 aliphatic rings. The number of benzene rings is 1. The minimum Gasteiger partial charge on any atom is -0.336 e. The van der Waals surface area contributed by atoms with Crippen LogP contribution in [0, 0.1) is 6.92 Å². The van der Waals surface area contributed by atoms with Crippen molar-refractivity contribution in [1.82, 2.24) is 19.8 Å². The van der Waals surface area contributed by atoms with Gasteiger partial charge in [0.2, 0.25) is 5.91 Å². The van der Waals surface area contributed by atoms with Gasteiger partial charge >= 0.3 is 5.69 Å². The lowest BCUT2D eigenvalue weighted by Crippen LogP contribution is -2.50. The summed E-state index contributed by atoms with van der Waals surface area (Å²) < 4.78 is 0. The van der Waals surface area contributed by atoms with Crippen molar-refractivity contribution in [2.75, 3.05) is 26.2 Å². The summed E-state index contributed by atoms with van der Waals surface area (Å²) in [6.45, 7) is 3.84. The third kappa shape index (κ3) is 4.06. The minimum atomic E-state index is -0.404. The van der Waals surface area contributed by atoms with Gasteiger partial charge in [0.1, 0.15) is 5.69 Å². The van der Waals surface area contributed by atoms with E-state index in [1.54, 1.807) is 22.0 Å². The lowest BCUT2D eigenvalue weighted by molar-refractivity contribution is -0.127. The molecule has 1 fully saturated rings. The molecule has 7 heteroatoms. The molecule has 1 aromatic carbocycles. The van der Waals surface area contributed by atoms with Crippen LogP contribution in [0.15, 0.2) is 41.3 Å². The zero-order chi connectivity index (χ0) is 17.8. The van der Waals surface area contributed by atoms with Crippen molar-refractivity contribution in [3.8, 4) is 0 Å². The highest BCUT2D eigenvalue weighted by atomic mass is 16.2. The SMILES string of the molecule is Cc1ccc(C=CC(=O)N2CCN(C(=O)c3c[nH]c(=O)[nH]3)CC2)cc1. The predicted octanol–water partition coefficient (Wildman–Crippen LogP) is 1.01. The van der Waals surface area contributed by atoms with E-state index in [0.29, 0.717) is 26.2 Å². The Hall–Kier alpha value is -3.09. The second-order valence-electron chi connectivity index (χ2n) is 6.02. The number of carbonyl (C=O) groups excluding carboxylic acids is 2. The highest BCUT2D eigenvalue weighted by Crippen LogP contribution is 2.09. The Balaban J connectivity index is 1.54. The van der Waals surface area contributed by atoms with Crippen LogP contribution >= 0.6 is 0 Å². The lowest BCUT2D eigenvalue weighted by atomic mass is 10.1. The van der Waals surface area contributed by atoms with Crippen LogP contribution < -0.4 is 5.69 Å². The van der Waals surface area contributed by atoms with Crippen LogP contribution in [-0.4, -0.2) is 57.8 Å². The van der Waals surface area contributed by atoms with Crippen molar-refractivity contribution in [1.29, 1.82) is 0 Å². The Kier molecular flexibility index (Phi) is 4.83. The van der Waals surface area contributed by atoms with Gasteiger partial charge in [-0.2, -0.15) is 0 Å². The van der Waals surface area contributed by atoms with Crippen molar-refractivity contribution in [3.63, 3.8) is 0 Å². The third-order valence-electron chi connectivity index (χ3n) is 4.20. The molecule has 1 aromatic heterocycles. The van der Waals surface area contributed by atoms with E-state index in [1.807, 2.05) is 31.2 Å². The van der Waals surface area contributed by atoms with Crippen LogP contribution in [0.5, 0.6) is 0 Å². The summed E-state index contributed by atoms with van der Waals surface area (Å²) in [5.41, 5.74) is 1.99. The monoisotopic (exact) mass is 340 g/mol. The second kappa shape index (κ2) is 7.21. The third-order valence-corrected chi connectivity index (χ3v) is 4.20. The molecular formula is C18H20N4O3. The van der Waals surface area contributed by atoms with Gasteiger partial charge in [-0.3, -0.25) is 9.59 Å². The van der Waals surface area contributed by atoms with Gasteiger partial charge in [-0.15, -0.1) is 0 Å². The first-order chi connectivity index (χ1) is 12.0. The number of aromatic nitrogens is 2. The van der Waals surface area contributed by atoms with Gasteiger partial charge < -0.3 is 19.8 Å². The number of nitrogens with one attached hydrogen (secondary N) is 2. The molecule has 3 rings (SSSR count). The molecule has 2 N–H and O–H groups in total. The molecule has 7 nitrogen and oxygen atoms in total. The number of hydrogen-bond acceptors (Lipinski definition) is 3. The molecule has 0 spiro atoms. The van der Waals surface area contributed by atoms with E-state index < -0.39 is 5.69 Å². The van der Waals surface area contributed by atoms with Crippen molar-refractivity contribution in [2.24, 2.45) is 0 Å². The number of hydrogen-bond donors (Lipinski definition) is 2. The maximum Gasteiger partial charge on any atom is 0.323 e. The highest BCUT2D eigenvalue weighted by molar-refractivity contribution is 5.93. The van der Waals surface area contributed by atoms with Crippen LogP contribution in [0.3, 0.4) is 0 Å². The fourth-order valence-corrected chi connectivity index (χ4v) is 2.70. The summed E-state index contributed by atoms with van der Waals surface area (Å²) in [5.74, 6) is -0.302. The van der Waals surface area contributed by atoms with Crippen LogP contribution in [-0.2, 0) is 4.79 Å². The Morgan fingerprint density at radius 2 is 1.68 bits per heavy atom. The Morgan fingerprint density at radius 1 is 1.04 bits per heavy atom. The van der Waals surface area contributed by atoms with Gasteiger partial charge in [0.15, 0.2) is 0 Å². The highest BCUT2D eigenvalue weighted by Gasteiger charge is 2.24. The fraction of sp³-hybridized carbons (Fsp3) is 0.278. The summed E-state index contributed by atoms with van der Waals surface area (Å²) in [4.78, 5) is 43.8. The van der Waals surface area contributed by atoms with E-state index >= 15 is 0 Å². The summed E-state index contributed by atoms with van der Waals surface area (Å²) in [7, 11) is 0. The number of aromatic amines is 2. The zero-order valence-corrected chi connectivity index (χ0v) is 14.0. The zero-order valence-electron chi connectivity index (χ0n) is 14.0. The molecule has 1 aliphatic heterocycles. The van der Waals surface area contributed by atoms with Crippen molar-refractivity contribution in [2.45, 2.75) is 6.92 Å². The summed E-state index contributed by atoms with van der Waals surface area (Å²) in [6, 6.07) is 7.93. The predicted molar refractivity (Wildman–Crippen MR) is 94.1 cm³/mol. The first-order valence-electron chi connectivity index (χ1n) is 8.13. The van der Waals surface area contributed by atoms with Crippen molar-refractivity contribution >= 4 is 17.9 Å². The quantitative estimate of drug-likeness (QED) is 0.817. The Morgan fingerprint density at radius 3 is 2.28 bits per heavy atom. The fourth-order valence-electron chi connectivity index (χ4n) is 2.70. The molecule has 0 atom stereocenters. The molecule has 2 aromatic rings. The van der Waals surface area contributed by atoms with Gasteiger partial charge in [-0.1, -0.05) is 29.8 Å².